The number of hydrogen-bond donors (Lipinski definition) is 0. The molecule has 0 radical (unpaired) electrons. The van der Waals surface area contributed by atoms with Crippen LogP contribution in [0.15, 0.2) is 22.9 Å². The Morgan fingerprint density at radius 2 is 1.80 bits per heavy atom. The largest absolute Gasteiger partial charge is 0.490 e. The van der Waals surface area contributed by atoms with Crippen LogP contribution in [0.3, 0.4) is 0 Å². The Kier molecular flexibility index (Phi) is 7.25. The second kappa shape index (κ2) is 9.66. The third-order valence-electron chi connectivity index (χ3n) is 3.46. The van der Waals surface area contributed by atoms with Crippen molar-refractivity contribution in [3.05, 3.63) is 24.2 Å². The van der Waals surface area contributed by atoms with Gasteiger partial charge in [0.25, 0.3) is 0 Å². The van der Waals surface area contributed by atoms with Crippen LogP contribution in [-0.2, 0) is 4.74 Å². The molecule has 0 saturated carbocycles. The number of rotatable bonds is 10. The van der Waals surface area contributed by atoms with Gasteiger partial charge in [0.2, 0.25) is 5.89 Å². The zero-order valence-corrected chi connectivity index (χ0v) is 14.9. The normalized spacial score (nSPS) is 10.5. The van der Waals surface area contributed by atoms with Gasteiger partial charge in [-0.15, -0.1) is 0 Å². The topological polar surface area (TPSA) is 83.7 Å². The summed E-state index contributed by atoms with van der Waals surface area (Å²) in [7, 11) is 1.29. The first-order valence-corrected chi connectivity index (χ1v) is 8.49. The zero-order chi connectivity index (χ0) is 18.1. The monoisotopic (exact) mass is 348 g/mol. The fourth-order valence-corrected chi connectivity index (χ4v) is 2.01. The van der Waals surface area contributed by atoms with Gasteiger partial charge < -0.3 is 18.6 Å². The molecular weight excluding hydrogens is 324 g/mol. The molecule has 136 valence electrons. The standard InChI is InChI=1S/C18H24N2O5/c1-4-6-8-23-15-10-13(19-11-16(15)24-9-7-5-2)17-20-14(12-25-17)18(21)22-3/h10-12H,4-9H2,1-3H3. The van der Waals surface area contributed by atoms with Crippen molar-refractivity contribution in [3.63, 3.8) is 0 Å². The summed E-state index contributed by atoms with van der Waals surface area (Å²) in [5.74, 6) is 0.843. The quantitative estimate of drug-likeness (QED) is 0.476. The maximum atomic E-state index is 11.5. The van der Waals surface area contributed by atoms with Gasteiger partial charge >= 0.3 is 5.97 Å². The molecule has 7 heteroatoms. The summed E-state index contributed by atoms with van der Waals surface area (Å²) in [6.07, 6.45) is 6.81. The summed E-state index contributed by atoms with van der Waals surface area (Å²) >= 11 is 0. The van der Waals surface area contributed by atoms with E-state index in [9.17, 15) is 4.79 Å². The molecule has 2 rings (SSSR count). The minimum Gasteiger partial charge on any atom is -0.490 e. The Balaban J connectivity index is 2.21. The Morgan fingerprint density at radius 1 is 1.12 bits per heavy atom. The van der Waals surface area contributed by atoms with Crippen LogP contribution < -0.4 is 9.47 Å². The Morgan fingerprint density at radius 3 is 2.44 bits per heavy atom. The SMILES string of the molecule is CCCCOc1cnc(-c2nc(C(=O)OC)co2)cc1OCCCC. The summed E-state index contributed by atoms with van der Waals surface area (Å²) in [5, 5.41) is 0. The van der Waals surface area contributed by atoms with Crippen molar-refractivity contribution in [2.75, 3.05) is 20.3 Å². The molecule has 0 aliphatic heterocycles. The molecule has 0 unspecified atom stereocenters. The number of methoxy groups -OCH3 is 1. The zero-order valence-electron chi connectivity index (χ0n) is 14.9. The predicted octanol–water partition coefficient (Wildman–Crippen LogP) is 3.88. The molecular formula is C18H24N2O5. The van der Waals surface area contributed by atoms with Crippen molar-refractivity contribution >= 4 is 5.97 Å². The van der Waals surface area contributed by atoms with E-state index in [2.05, 4.69) is 28.6 Å². The molecule has 0 saturated heterocycles. The fourth-order valence-electron chi connectivity index (χ4n) is 2.01. The molecule has 0 aliphatic carbocycles. The van der Waals surface area contributed by atoms with Gasteiger partial charge in [-0.2, -0.15) is 0 Å². The van der Waals surface area contributed by atoms with Gasteiger partial charge in [0, 0.05) is 6.07 Å². The molecule has 2 aromatic rings. The molecule has 2 aromatic heterocycles. The molecule has 7 nitrogen and oxygen atoms in total. The third-order valence-corrected chi connectivity index (χ3v) is 3.46. The smallest absolute Gasteiger partial charge is 0.360 e. The summed E-state index contributed by atoms with van der Waals surface area (Å²) in [6, 6.07) is 1.71. The minimum absolute atomic E-state index is 0.0935. The second-order valence-corrected chi connectivity index (χ2v) is 5.45. The van der Waals surface area contributed by atoms with Crippen molar-refractivity contribution < 1.29 is 23.4 Å². The van der Waals surface area contributed by atoms with Crippen LogP contribution >= 0.6 is 0 Å². The molecule has 0 bridgehead atoms. The van der Waals surface area contributed by atoms with E-state index < -0.39 is 5.97 Å². The minimum atomic E-state index is -0.561. The van der Waals surface area contributed by atoms with E-state index >= 15 is 0 Å². The first-order valence-electron chi connectivity index (χ1n) is 8.49. The van der Waals surface area contributed by atoms with Crippen LogP contribution in [0.4, 0.5) is 0 Å². The Hall–Kier alpha value is -2.57. The highest BCUT2D eigenvalue weighted by atomic mass is 16.5. The van der Waals surface area contributed by atoms with Gasteiger partial charge in [0.15, 0.2) is 17.2 Å². The van der Waals surface area contributed by atoms with Gasteiger partial charge in [-0.1, -0.05) is 26.7 Å². The maximum absolute atomic E-state index is 11.5. The Bertz CT molecular complexity index is 684. The number of aromatic nitrogens is 2. The first kappa shape index (κ1) is 18.8. The highest BCUT2D eigenvalue weighted by Gasteiger charge is 2.17. The van der Waals surface area contributed by atoms with Crippen molar-refractivity contribution in [1.29, 1.82) is 0 Å². The van der Waals surface area contributed by atoms with Crippen LogP contribution in [0, 0.1) is 0 Å². The summed E-state index contributed by atoms with van der Waals surface area (Å²) in [5.41, 5.74) is 0.556. The highest BCUT2D eigenvalue weighted by molar-refractivity contribution is 5.87. The van der Waals surface area contributed by atoms with Crippen molar-refractivity contribution in [1.82, 2.24) is 9.97 Å². The molecule has 25 heavy (non-hydrogen) atoms. The van der Waals surface area contributed by atoms with E-state index in [1.807, 2.05) is 0 Å². The van der Waals surface area contributed by atoms with Crippen molar-refractivity contribution in [3.8, 4) is 23.1 Å². The van der Waals surface area contributed by atoms with Gasteiger partial charge in [-0.05, 0) is 12.8 Å². The first-order chi connectivity index (χ1) is 12.2. The van der Waals surface area contributed by atoms with E-state index in [0.717, 1.165) is 25.7 Å². The highest BCUT2D eigenvalue weighted by Crippen LogP contribution is 2.31. The third kappa shape index (κ3) is 5.20. The lowest BCUT2D eigenvalue weighted by Gasteiger charge is -2.12. The van der Waals surface area contributed by atoms with E-state index in [0.29, 0.717) is 30.4 Å². The number of oxazole rings is 1. The number of unbranched alkanes of at least 4 members (excludes halogenated alkanes) is 2. The number of carbonyl (C=O) groups is 1. The molecule has 0 atom stereocenters. The molecule has 0 N–H and O–H groups in total. The van der Waals surface area contributed by atoms with Gasteiger partial charge in [0.1, 0.15) is 12.0 Å². The molecule has 2 heterocycles. The molecule has 0 aromatic carbocycles. The van der Waals surface area contributed by atoms with Crippen LogP contribution in [0.25, 0.3) is 11.6 Å². The number of ether oxygens (including phenoxy) is 3. The lowest BCUT2D eigenvalue weighted by atomic mass is 10.3. The average molecular weight is 348 g/mol. The van der Waals surface area contributed by atoms with Crippen LogP contribution in [-0.4, -0.2) is 36.3 Å². The lowest BCUT2D eigenvalue weighted by molar-refractivity contribution is 0.0594. The van der Waals surface area contributed by atoms with E-state index in [4.69, 9.17) is 13.9 Å². The van der Waals surface area contributed by atoms with Gasteiger partial charge in [0.05, 0.1) is 26.5 Å². The van der Waals surface area contributed by atoms with Gasteiger partial charge in [-0.3, -0.25) is 0 Å². The second-order valence-electron chi connectivity index (χ2n) is 5.45. The van der Waals surface area contributed by atoms with Gasteiger partial charge in [-0.25, -0.2) is 14.8 Å². The van der Waals surface area contributed by atoms with E-state index in [-0.39, 0.29) is 11.6 Å². The average Bonchev–Trinajstić information content (AvgIpc) is 3.12. The predicted molar refractivity (Wildman–Crippen MR) is 91.9 cm³/mol. The maximum Gasteiger partial charge on any atom is 0.360 e. The Labute approximate surface area is 147 Å². The van der Waals surface area contributed by atoms with Crippen LogP contribution in [0.5, 0.6) is 11.5 Å². The summed E-state index contributed by atoms with van der Waals surface area (Å²) in [6.45, 7) is 5.39. The van der Waals surface area contributed by atoms with E-state index in [1.54, 1.807) is 12.3 Å². The fraction of sp³-hybridized carbons (Fsp3) is 0.500. The molecule has 0 aliphatic rings. The number of nitrogens with zero attached hydrogens (tertiary/aromatic N) is 2. The van der Waals surface area contributed by atoms with Crippen LogP contribution in [0.2, 0.25) is 0 Å². The number of hydrogen-bond acceptors (Lipinski definition) is 7. The van der Waals surface area contributed by atoms with Crippen LogP contribution in [0.1, 0.15) is 50.0 Å². The van der Waals surface area contributed by atoms with E-state index in [1.165, 1.54) is 13.4 Å². The molecule has 0 fully saturated rings. The summed E-state index contributed by atoms with van der Waals surface area (Å²) in [4.78, 5) is 19.9. The lowest BCUT2D eigenvalue weighted by Crippen LogP contribution is -2.03. The summed E-state index contributed by atoms with van der Waals surface area (Å²) < 4.78 is 21.5. The van der Waals surface area contributed by atoms with Crippen molar-refractivity contribution in [2.24, 2.45) is 0 Å². The van der Waals surface area contributed by atoms with Crippen molar-refractivity contribution in [2.45, 2.75) is 39.5 Å². The number of carbonyl (C=O) groups excluding carboxylic acids is 1. The number of pyridine rings is 1. The molecule has 0 amide bonds. The number of esters is 1. The molecule has 0 spiro atoms.